The molecule has 0 aliphatic carbocycles. The van der Waals surface area contributed by atoms with Crippen molar-refractivity contribution in [1.29, 1.82) is 0 Å². The normalized spacial score (nSPS) is 13.7. The van der Waals surface area contributed by atoms with Gasteiger partial charge in [0.15, 0.2) is 0 Å². The Balaban J connectivity index is 2.48. The van der Waals surface area contributed by atoms with Crippen molar-refractivity contribution in [3.8, 4) is 0 Å². The highest BCUT2D eigenvalue weighted by Gasteiger charge is 2.00. The van der Waals surface area contributed by atoms with E-state index in [0.717, 1.165) is 0 Å². The smallest absolute Gasteiger partial charge is 0.0204 e. The van der Waals surface area contributed by atoms with E-state index in [9.17, 15) is 0 Å². The van der Waals surface area contributed by atoms with E-state index < -0.39 is 0 Å². The van der Waals surface area contributed by atoms with Gasteiger partial charge in [-0.25, -0.2) is 0 Å². The molecule has 1 atom stereocenters. The molecule has 0 heterocycles. The van der Waals surface area contributed by atoms with E-state index in [-0.39, 0.29) is 0 Å². The zero-order chi connectivity index (χ0) is 10.4. The zero-order valence-corrected chi connectivity index (χ0v) is 9.92. The van der Waals surface area contributed by atoms with Crippen molar-refractivity contribution >= 4 is 17.8 Å². The molecule has 0 aromatic heterocycles. The van der Waals surface area contributed by atoms with Crippen molar-refractivity contribution in [3.63, 3.8) is 0 Å². The Kier molecular flexibility index (Phi) is 4.81. The van der Waals surface area contributed by atoms with E-state index in [4.69, 9.17) is 0 Å². The van der Waals surface area contributed by atoms with Gasteiger partial charge in [-0.3, -0.25) is 0 Å². The van der Waals surface area contributed by atoms with Crippen LogP contribution in [0.1, 0.15) is 26.3 Å². The van der Waals surface area contributed by atoms with Crippen molar-refractivity contribution in [3.05, 3.63) is 42.0 Å². The summed E-state index contributed by atoms with van der Waals surface area (Å²) < 4.78 is 0. The summed E-state index contributed by atoms with van der Waals surface area (Å²) in [5.41, 5.74) is 1.28. The first kappa shape index (κ1) is 11.4. The van der Waals surface area contributed by atoms with Gasteiger partial charge in [-0.05, 0) is 17.7 Å². The zero-order valence-electron chi connectivity index (χ0n) is 9.10. The van der Waals surface area contributed by atoms with Gasteiger partial charge < -0.3 is 0 Å². The summed E-state index contributed by atoms with van der Waals surface area (Å²) in [5, 5.41) is 1.29. The van der Waals surface area contributed by atoms with Gasteiger partial charge in [0.25, 0.3) is 0 Å². The van der Waals surface area contributed by atoms with Crippen LogP contribution in [0.2, 0.25) is 0 Å². The molecule has 1 heteroatoms. The van der Waals surface area contributed by atoms with Crippen LogP contribution in [0, 0.1) is 0 Å². The number of hydrogen-bond acceptors (Lipinski definition) is 1. The topological polar surface area (TPSA) is 0 Å². The first-order chi connectivity index (χ1) is 6.68. The summed E-state index contributed by atoms with van der Waals surface area (Å²) in [6.07, 6.45) is 4.46. The Morgan fingerprint density at radius 2 is 1.71 bits per heavy atom. The van der Waals surface area contributed by atoms with Gasteiger partial charge in [0.2, 0.25) is 0 Å². The lowest BCUT2D eigenvalue weighted by molar-refractivity contribution is 1.09. The molecular formula is C13H18S. The molecule has 76 valence electrons. The molecule has 0 aliphatic rings. The summed E-state index contributed by atoms with van der Waals surface area (Å²) >= 11 is 1.99. The fraction of sp³-hybridized carbons (Fsp3) is 0.385. The standard InChI is InChI=1S/C13H18S/c1-11(2)14-12(3)9-10-13-7-5-4-6-8-13/h4-12H,1-3H3/b10-9+. The van der Waals surface area contributed by atoms with Gasteiger partial charge in [0, 0.05) is 5.25 Å². The van der Waals surface area contributed by atoms with Crippen molar-refractivity contribution in [2.24, 2.45) is 0 Å². The molecule has 0 saturated heterocycles. The van der Waals surface area contributed by atoms with Crippen LogP contribution >= 0.6 is 11.8 Å². The first-order valence-electron chi connectivity index (χ1n) is 5.07. The fourth-order valence-electron chi connectivity index (χ4n) is 1.29. The molecular weight excluding hydrogens is 188 g/mol. The maximum absolute atomic E-state index is 2.26. The molecule has 0 bridgehead atoms. The summed E-state index contributed by atoms with van der Waals surface area (Å²) in [6.45, 7) is 6.71. The van der Waals surface area contributed by atoms with Crippen LogP contribution in [0.15, 0.2) is 36.4 Å². The summed E-state index contributed by atoms with van der Waals surface area (Å²) in [5.74, 6) is 0. The summed E-state index contributed by atoms with van der Waals surface area (Å²) in [7, 11) is 0. The van der Waals surface area contributed by atoms with Crippen molar-refractivity contribution in [2.75, 3.05) is 0 Å². The molecule has 14 heavy (non-hydrogen) atoms. The quantitative estimate of drug-likeness (QED) is 0.710. The molecule has 0 N–H and O–H groups in total. The number of thioether (sulfide) groups is 1. The Hall–Kier alpha value is -0.690. The average Bonchev–Trinajstić information content (AvgIpc) is 2.15. The SMILES string of the molecule is CC(C)SC(C)/C=C/c1ccccc1. The second kappa shape index (κ2) is 5.92. The molecule has 0 aliphatic heterocycles. The van der Waals surface area contributed by atoms with Crippen molar-refractivity contribution < 1.29 is 0 Å². The third-order valence-corrected chi connectivity index (χ3v) is 2.98. The van der Waals surface area contributed by atoms with Gasteiger partial charge in [0.1, 0.15) is 0 Å². The lowest BCUT2D eigenvalue weighted by atomic mass is 10.2. The minimum Gasteiger partial charge on any atom is -0.152 e. The predicted molar refractivity (Wildman–Crippen MR) is 67.7 cm³/mol. The van der Waals surface area contributed by atoms with Crippen LogP contribution in [0.25, 0.3) is 6.08 Å². The number of benzene rings is 1. The minimum absolute atomic E-state index is 0.593. The predicted octanol–water partition coefficient (Wildman–Crippen LogP) is 4.23. The molecule has 1 aromatic rings. The third kappa shape index (κ3) is 4.52. The van der Waals surface area contributed by atoms with Gasteiger partial charge in [-0.2, -0.15) is 11.8 Å². The van der Waals surface area contributed by atoms with E-state index in [1.54, 1.807) is 0 Å². The van der Waals surface area contributed by atoms with Crippen LogP contribution in [0.5, 0.6) is 0 Å². The van der Waals surface area contributed by atoms with Crippen LogP contribution in [0.3, 0.4) is 0 Å². The van der Waals surface area contributed by atoms with Crippen molar-refractivity contribution in [2.45, 2.75) is 31.3 Å². The van der Waals surface area contributed by atoms with Gasteiger partial charge in [-0.1, -0.05) is 56.3 Å². The van der Waals surface area contributed by atoms with E-state index in [2.05, 4.69) is 57.2 Å². The lowest BCUT2D eigenvalue weighted by Gasteiger charge is -2.08. The van der Waals surface area contributed by atoms with Crippen LogP contribution in [-0.2, 0) is 0 Å². The lowest BCUT2D eigenvalue weighted by Crippen LogP contribution is -1.96. The molecule has 1 rings (SSSR count). The van der Waals surface area contributed by atoms with E-state index in [0.29, 0.717) is 10.5 Å². The fourth-order valence-corrected chi connectivity index (χ4v) is 2.31. The summed E-state index contributed by atoms with van der Waals surface area (Å²) in [4.78, 5) is 0. The highest BCUT2D eigenvalue weighted by atomic mass is 32.2. The van der Waals surface area contributed by atoms with Gasteiger partial charge in [-0.15, -0.1) is 0 Å². The van der Waals surface area contributed by atoms with Gasteiger partial charge in [0.05, 0.1) is 0 Å². The van der Waals surface area contributed by atoms with Crippen LogP contribution in [0.4, 0.5) is 0 Å². The molecule has 0 amide bonds. The van der Waals surface area contributed by atoms with Crippen molar-refractivity contribution in [1.82, 2.24) is 0 Å². The van der Waals surface area contributed by atoms with E-state index in [1.165, 1.54) is 5.56 Å². The second-order valence-corrected chi connectivity index (χ2v) is 5.62. The maximum Gasteiger partial charge on any atom is 0.0204 e. The highest BCUT2D eigenvalue weighted by molar-refractivity contribution is 8.00. The molecule has 1 aromatic carbocycles. The highest BCUT2D eigenvalue weighted by Crippen LogP contribution is 2.18. The Labute approximate surface area is 91.4 Å². The maximum atomic E-state index is 2.26. The first-order valence-corrected chi connectivity index (χ1v) is 6.01. The Morgan fingerprint density at radius 3 is 2.29 bits per heavy atom. The third-order valence-electron chi connectivity index (χ3n) is 1.85. The molecule has 0 nitrogen and oxygen atoms in total. The van der Waals surface area contributed by atoms with Crippen LogP contribution < -0.4 is 0 Å². The van der Waals surface area contributed by atoms with E-state index in [1.807, 2.05) is 17.8 Å². The monoisotopic (exact) mass is 206 g/mol. The molecule has 0 radical (unpaired) electrons. The van der Waals surface area contributed by atoms with E-state index >= 15 is 0 Å². The van der Waals surface area contributed by atoms with Gasteiger partial charge >= 0.3 is 0 Å². The molecule has 1 unspecified atom stereocenters. The Bertz CT molecular complexity index is 275. The number of rotatable bonds is 4. The molecule has 0 saturated carbocycles. The molecule has 0 spiro atoms. The largest absolute Gasteiger partial charge is 0.152 e. The summed E-state index contributed by atoms with van der Waals surface area (Å²) in [6, 6.07) is 10.4. The molecule has 0 fully saturated rings. The van der Waals surface area contributed by atoms with Crippen LogP contribution in [-0.4, -0.2) is 10.5 Å². The minimum atomic E-state index is 0.593. The second-order valence-electron chi connectivity index (χ2n) is 3.66. The number of hydrogen-bond donors (Lipinski definition) is 0. The average molecular weight is 206 g/mol. The Morgan fingerprint density at radius 1 is 1.07 bits per heavy atom.